The van der Waals surface area contributed by atoms with Crippen molar-refractivity contribution in [2.45, 2.75) is 19.5 Å². The van der Waals surface area contributed by atoms with Gasteiger partial charge in [-0.3, -0.25) is 0 Å². The number of nitrogens with two attached hydrogens (primary N) is 1. The molecule has 0 amide bonds. The lowest BCUT2D eigenvalue weighted by molar-refractivity contribution is 0.685. The molecule has 0 atom stereocenters. The summed E-state index contributed by atoms with van der Waals surface area (Å²) in [6.45, 7) is 2.46. The van der Waals surface area contributed by atoms with Crippen molar-refractivity contribution < 1.29 is 0 Å². The van der Waals surface area contributed by atoms with Crippen molar-refractivity contribution in [1.29, 1.82) is 0 Å². The molecule has 0 bridgehead atoms. The predicted molar refractivity (Wildman–Crippen MR) is 83.9 cm³/mol. The van der Waals surface area contributed by atoms with Crippen molar-refractivity contribution in [2.24, 2.45) is 5.73 Å². The molecule has 2 rings (SSSR count). The number of halogens is 1. The lowest BCUT2D eigenvalue weighted by Gasteiger charge is -2.07. The van der Waals surface area contributed by atoms with Crippen LogP contribution in [0.4, 0.5) is 0 Å². The van der Waals surface area contributed by atoms with Gasteiger partial charge in [-0.25, -0.2) is 0 Å². The first-order valence-corrected chi connectivity index (χ1v) is 7.31. The second-order valence-corrected chi connectivity index (χ2v) is 5.40. The highest BCUT2D eigenvalue weighted by Gasteiger charge is 1.98. The fourth-order valence-electron chi connectivity index (χ4n) is 2.02. The van der Waals surface area contributed by atoms with E-state index in [1.54, 1.807) is 0 Å². The van der Waals surface area contributed by atoms with Gasteiger partial charge in [0.1, 0.15) is 0 Å². The topological polar surface area (TPSA) is 38.0 Å². The highest BCUT2D eigenvalue weighted by molar-refractivity contribution is 9.10. The van der Waals surface area contributed by atoms with Crippen LogP contribution in [-0.4, -0.2) is 6.54 Å². The van der Waals surface area contributed by atoms with Gasteiger partial charge in [0.15, 0.2) is 0 Å². The molecular weight excluding hydrogens is 300 g/mol. The number of nitrogens with one attached hydrogen (secondary N) is 1. The van der Waals surface area contributed by atoms with Crippen LogP contribution < -0.4 is 11.1 Å². The minimum Gasteiger partial charge on any atom is -0.326 e. The molecule has 3 heteroatoms. The van der Waals surface area contributed by atoms with Crippen molar-refractivity contribution in [2.75, 3.05) is 6.54 Å². The summed E-state index contributed by atoms with van der Waals surface area (Å²) in [7, 11) is 0. The molecule has 0 heterocycles. The summed E-state index contributed by atoms with van der Waals surface area (Å²) in [5.74, 6) is 0. The summed E-state index contributed by atoms with van der Waals surface area (Å²) in [6.07, 6.45) is 1.03. The monoisotopic (exact) mass is 318 g/mol. The second kappa shape index (κ2) is 7.43. The van der Waals surface area contributed by atoms with Gasteiger partial charge in [0.2, 0.25) is 0 Å². The van der Waals surface area contributed by atoms with Crippen LogP contribution in [0.1, 0.15) is 16.7 Å². The zero-order valence-electron chi connectivity index (χ0n) is 10.9. The van der Waals surface area contributed by atoms with E-state index in [-0.39, 0.29) is 0 Å². The molecule has 0 unspecified atom stereocenters. The highest BCUT2D eigenvalue weighted by Crippen LogP contribution is 2.15. The van der Waals surface area contributed by atoms with E-state index in [2.05, 4.69) is 63.7 Å². The van der Waals surface area contributed by atoms with Crippen LogP contribution in [0, 0.1) is 0 Å². The molecule has 0 saturated carbocycles. The fourth-order valence-corrected chi connectivity index (χ4v) is 2.51. The van der Waals surface area contributed by atoms with Gasteiger partial charge in [-0.05, 0) is 35.7 Å². The normalized spacial score (nSPS) is 10.6. The van der Waals surface area contributed by atoms with Gasteiger partial charge in [0, 0.05) is 17.6 Å². The maximum Gasteiger partial charge on any atom is 0.0207 e. The Labute approximate surface area is 123 Å². The second-order valence-electron chi connectivity index (χ2n) is 4.54. The summed E-state index contributed by atoms with van der Waals surface area (Å²) < 4.78 is 1.18. The lowest BCUT2D eigenvalue weighted by Crippen LogP contribution is -2.17. The molecular formula is C16H19BrN2. The molecule has 2 aromatic rings. The third-order valence-corrected chi connectivity index (χ3v) is 3.86. The molecule has 0 aliphatic heterocycles. The van der Waals surface area contributed by atoms with Crippen molar-refractivity contribution in [3.63, 3.8) is 0 Å². The van der Waals surface area contributed by atoms with E-state index in [9.17, 15) is 0 Å². The SMILES string of the molecule is NCc1cccc(CNCCc2ccccc2Br)c1. The van der Waals surface area contributed by atoms with E-state index in [4.69, 9.17) is 5.73 Å². The Hall–Kier alpha value is -1.16. The minimum atomic E-state index is 0.602. The summed E-state index contributed by atoms with van der Waals surface area (Å²) in [5.41, 5.74) is 9.45. The fraction of sp³-hybridized carbons (Fsp3) is 0.250. The quantitative estimate of drug-likeness (QED) is 0.802. The van der Waals surface area contributed by atoms with E-state index in [0.29, 0.717) is 6.54 Å². The maximum atomic E-state index is 5.64. The highest BCUT2D eigenvalue weighted by atomic mass is 79.9. The third kappa shape index (κ3) is 4.46. The Morgan fingerprint density at radius 2 is 1.79 bits per heavy atom. The third-order valence-electron chi connectivity index (χ3n) is 3.09. The molecule has 0 spiro atoms. The molecule has 0 aromatic heterocycles. The van der Waals surface area contributed by atoms with Crippen LogP contribution in [0.5, 0.6) is 0 Å². The number of hydrogen-bond acceptors (Lipinski definition) is 2. The first kappa shape index (κ1) is 14.3. The van der Waals surface area contributed by atoms with Gasteiger partial charge in [0.05, 0.1) is 0 Å². The molecule has 19 heavy (non-hydrogen) atoms. The Morgan fingerprint density at radius 1 is 1.00 bits per heavy atom. The van der Waals surface area contributed by atoms with Crippen LogP contribution in [0.25, 0.3) is 0 Å². The van der Waals surface area contributed by atoms with E-state index < -0.39 is 0 Å². The van der Waals surface area contributed by atoms with Gasteiger partial charge in [-0.2, -0.15) is 0 Å². The Morgan fingerprint density at radius 3 is 2.58 bits per heavy atom. The molecule has 0 saturated heterocycles. The smallest absolute Gasteiger partial charge is 0.0207 e. The van der Waals surface area contributed by atoms with Gasteiger partial charge in [-0.1, -0.05) is 58.4 Å². The van der Waals surface area contributed by atoms with Gasteiger partial charge < -0.3 is 11.1 Å². The molecule has 0 aliphatic carbocycles. The van der Waals surface area contributed by atoms with Crippen LogP contribution in [0.3, 0.4) is 0 Å². The number of benzene rings is 2. The lowest BCUT2D eigenvalue weighted by atomic mass is 10.1. The van der Waals surface area contributed by atoms with Crippen LogP contribution in [0.2, 0.25) is 0 Å². The molecule has 0 fully saturated rings. The predicted octanol–water partition coefficient (Wildman–Crippen LogP) is 3.24. The summed E-state index contributed by atoms with van der Waals surface area (Å²) in [6, 6.07) is 16.8. The van der Waals surface area contributed by atoms with Crippen molar-refractivity contribution in [3.8, 4) is 0 Å². The summed E-state index contributed by atoms with van der Waals surface area (Å²) in [4.78, 5) is 0. The Kier molecular flexibility index (Phi) is 5.58. The van der Waals surface area contributed by atoms with E-state index in [1.807, 2.05) is 6.07 Å². The molecule has 0 radical (unpaired) electrons. The van der Waals surface area contributed by atoms with E-state index in [0.717, 1.165) is 19.5 Å². The van der Waals surface area contributed by atoms with E-state index >= 15 is 0 Å². The van der Waals surface area contributed by atoms with Crippen LogP contribution in [0.15, 0.2) is 53.0 Å². The van der Waals surface area contributed by atoms with Crippen LogP contribution >= 0.6 is 15.9 Å². The number of hydrogen-bond donors (Lipinski definition) is 2. The van der Waals surface area contributed by atoms with Gasteiger partial charge in [-0.15, -0.1) is 0 Å². The maximum absolute atomic E-state index is 5.64. The van der Waals surface area contributed by atoms with E-state index in [1.165, 1.54) is 21.2 Å². The zero-order chi connectivity index (χ0) is 13.5. The van der Waals surface area contributed by atoms with Crippen molar-refractivity contribution in [1.82, 2.24) is 5.32 Å². The molecule has 2 nitrogen and oxygen atoms in total. The molecule has 3 N–H and O–H groups in total. The average molecular weight is 319 g/mol. The van der Waals surface area contributed by atoms with Gasteiger partial charge in [0.25, 0.3) is 0 Å². The standard InChI is InChI=1S/C16H19BrN2/c17-16-7-2-1-6-15(16)8-9-19-12-14-5-3-4-13(10-14)11-18/h1-7,10,19H,8-9,11-12,18H2. The molecule has 100 valence electrons. The largest absolute Gasteiger partial charge is 0.326 e. The first-order valence-electron chi connectivity index (χ1n) is 6.51. The Balaban J connectivity index is 1.79. The Bertz CT molecular complexity index is 526. The zero-order valence-corrected chi connectivity index (χ0v) is 12.5. The molecule has 0 aliphatic rings. The van der Waals surface area contributed by atoms with Crippen molar-refractivity contribution in [3.05, 3.63) is 69.7 Å². The summed E-state index contributed by atoms with van der Waals surface area (Å²) >= 11 is 3.57. The van der Waals surface area contributed by atoms with Crippen LogP contribution in [-0.2, 0) is 19.5 Å². The average Bonchev–Trinajstić information content (AvgIpc) is 2.45. The first-order chi connectivity index (χ1) is 9.29. The molecule has 2 aromatic carbocycles. The minimum absolute atomic E-state index is 0.602. The van der Waals surface area contributed by atoms with Crippen molar-refractivity contribution >= 4 is 15.9 Å². The van der Waals surface area contributed by atoms with Gasteiger partial charge >= 0.3 is 0 Å². The summed E-state index contributed by atoms with van der Waals surface area (Å²) in [5, 5.41) is 3.47. The number of rotatable bonds is 6.